The average Bonchev–Trinajstić information content (AvgIpc) is 3.31. The minimum atomic E-state index is 0. The molecule has 1 atom stereocenters. The second-order valence-corrected chi connectivity index (χ2v) is 7.79. The predicted molar refractivity (Wildman–Crippen MR) is 108 cm³/mol. The summed E-state index contributed by atoms with van der Waals surface area (Å²) >= 11 is 2.10. The third-order valence-electron chi connectivity index (χ3n) is 4.15. The van der Waals surface area contributed by atoms with Gasteiger partial charge in [0.15, 0.2) is 5.96 Å². The van der Waals surface area contributed by atoms with Crippen molar-refractivity contribution < 1.29 is 4.74 Å². The van der Waals surface area contributed by atoms with Crippen molar-refractivity contribution >= 4 is 41.7 Å². The SMILES string of the molecule is CN=C(NCCCOCC1CC1)N1CCSC(C(C)C)C1.I. The Bertz CT molecular complexity index is 337. The van der Waals surface area contributed by atoms with Gasteiger partial charge in [0.1, 0.15) is 0 Å². The number of aliphatic imine (C=N–C) groups is 1. The molecule has 0 amide bonds. The molecular weight excluding hydrogens is 409 g/mol. The summed E-state index contributed by atoms with van der Waals surface area (Å²) in [5, 5.41) is 4.21. The van der Waals surface area contributed by atoms with Gasteiger partial charge in [0, 0.05) is 50.9 Å². The number of rotatable bonds is 7. The number of hydrogen-bond donors (Lipinski definition) is 1. The van der Waals surface area contributed by atoms with Crippen LogP contribution in [0.25, 0.3) is 0 Å². The number of halogens is 1. The fourth-order valence-corrected chi connectivity index (χ4v) is 3.81. The van der Waals surface area contributed by atoms with Crippen molar-refractivity contribution in [2.75, 3.05) is 45.6 Å². The maximum atomic E-state index is 5.67. The lowest BCUT2D eigenvalue weighted by atomic mass is 10.1. The molecule has 1 aliphatic heterocycles. The van der Waals surface area contributed by atoms with E-state index in [1.54, 1.807) is 0 Å². The Balaban J connectivity index is 0.00000242. The van der Waals surface area contributed by atoms with E-state index >= 15 is 0 Å². The van der Waals surface area contributed by atoms with Gasteiger partial charge >= 0.3 is 0 Å². The van der Waals surface area contributed by atoms with Crippen LogP contribution in [0.3, 0.4) is 0 Å². The Morgan fingerprint density at radius 2 is 2.18 bits per heavy atom. The first kappa shape index (κ1) is 20.4. The summed E-state index contributed by atoms with van der Waals surface area (Å²) in [7, 11) is 1.89. The molecule has 2 rings (SSSR count). The van der Waals surface area contributed by atoms with Crippen LogP contribution in [-0.4, -0.2) is 61.8 Å². The van der Waals surface area contributed by atoms with Gasteiger partial charge in [-0.1, -0.05) is 13.8 Å². The normalized spacial score (nSPS) is 22.6. The van der Waals surface area contributed by atoms with E-state index in [1.165, 1.54) is 18.6 Å². The van der Waals surface area contributed by atoms with Gasteiger partial charge in [-0.3, -0.25) is 4.99 Å². The average molecular weight is 441 g/mol. The van der Waals surface area contributed by atoms with Crippen molar-refractivity contribution in [3.8, 4) is 0 Å². The highest BCUT2D eigenvalue weighted by molar-refractivity contribution is 14.0. The molecule has 1 N–H and O–H groups in total. The van der Waals surface area contributed by atoms with E-state index in [0.717, 1.165) is 62.3 Å². The zero-order chi connectivity index (χ0) is 15.1. The number of ether oxygens (including phenoxy) is 1. The molecule has 2 aliphatic rings. The molecule has 0 aromatic rings. The van der Waals surface area contributed by atoms with Crippen LogP contribution in [0, 0.1) is 11.8 Å². The van der Waals surface area contributed by atoms with Crippen LogP contribution in [0.5, 0.6) is 0 Å². The maximum Gasteiger partial charge on any atom is 0.193 e. The minimum absolute atomic E-state index is 0. The van der Waals surface area contributed by atoms with Crippen LogP contribution >= 0.6 is 35.7 Å². The zero-order valence-corrected chi connectivity index (χ0v) is 17.4. The Labute approximate surface area is 157 Å². The van der Waals surface area contributed by atoms with Gasteiger partial charge in [0.2, 0.25) is 0 Å². The summed E-state index contributed by atoms with van der Waals surface area (Å²) < 4.78 is 5.67. The zero-order valence-electron chi connectivity index (χ0n) is 14.2. The summed E-state index contributed by atoms with van der Waals surface area (Å²) in [5.41, 5.74) is 0. The van der Waals surface area contributed by atoms with E-state index in [0.29, 0.717) is 0 Å². The highest BCUT2D eigenvalue weighted by Crippen LogP contribution is 2.28. The van der Waals surface area contributed by atoms with E-state index in [1.807, 2.05) is 7.05 Å². The fourth-order valence-electron chi connectivity index (χ4n) is 2.51. The second kappa shape index (κ2) is 11.0. The minimum Gasteiger partial charge on any atom is -0.381 e. The number of nitrogens with zero attached hydrogens (tertiary/aromatic N) is 2. The molecule has 0 aromatic heterocycles. The van der Waals surface area contributed by atoms with Crippen molar-refractivity contribution in [1.82, 2.24) is 10.2 Å². The Morgan fingerprint density at radius 3 is 2.82 bits per heavy atom. The van der Waals surface area contributed by atoms with Crippen LogP contribution in [0.15, 0.2) is 4.99 Å². The van der Waals surface area contributed by atoms with Crippen molar-refractivity contribution in [2.45, 2.75) is 38.4 Å². The lowest BCUT2D eigenvalue weighted by molar-refractivity contribution is 0.122. The van der Waals surface area contributed by atoms with Gasteiger partial charge in [-0.25, -0.2) is 0 Å². The van der Waals surface area contributed by atoms with Gasteiger partial charge in [-0.05, 0) is 31.1 Å². The summed E-state index contributed by atoms with van der Waals surface area (Å²) in [4.78, 5) is 6.85. The van der Waals surface area contributed by atoms with Crippen LogP contribution in [0.1, 0.15) is 33.1 Å². The van der Waals surface area contributed by atoms with Crippen molar-refractivity contribution in [3.63, 3.8) is 0 Å². The van der Waals surface area contributed by atoms with Crippen molar-refractivity contribution in [3.05, 3.63) is 0 Å². The molecule has 0 aromatic carbocycles. The molecule has 1 heterocycles. The predicted octanol–water partition coefficient (Wildman–Crippen LogP) is 3.07. The second-order valence-electron chi connectivity index (χ2n) is 6.45. The number of guanidine groups is 1. The largest absolute Gasteiger partial charge is 0.381 e. The maximum absolute atomic E-state index is 5.67. The van der Waals surface area contributed by atoms with E-state index in [2.05, 4.69) is 40.8 Å². The van der Waals surface area contributed by atoms with Crippen molar-refractivity contribution in [2.24, 2.45) is 16.8 Å². The molecule has 4 nitrogen and oxygen atoms in total. The van der Waals surface area contributed by atoms with Crippen LogP contribution in [0.4, 0.5) is 0 Å². The molecule has 1 aliphatic carbocycles. The first-order chi connectivity index (χ1) is 10.2. The first-order valence-electron chi connectivity index (χ1n) is 8.35. The monoisotopic (exact) mass is 441 g/mol. The lowest BCUT2D eigenvalue weighted by Crippen LogP contribution is -2.49. The van der Waals surface area contributed by atoms with Crippen LogP contribution in [0.2, 0.25) is 0 Å². The molecule has 0 radical (unpaired) electrons. The van der Waals surface area contributed by atoms with Gasteiger partial charge in [-0.15, -0.1) is 24.0 Å². The van der Waals surface area contributed by atoms with E-state index < -0.39 is 0 Å². The Morgan fingerprint density at radius 1 is 1.41 bits per heavy atom. The summed E-state index contributed by atoms with van der Waals surface area (Å²) in [6, 6.07) is 0. The van der Waals surface area contributed by atoms with E-state index in [4.69, 9.17) is 4.74 Å². The molecular formula is C16H32IN3OS. The first-order valence-corrected chi connectivity index (χ1v) is 9.40. The lowest BCUT2D eigenvalue weighted by Gasteiger charge is -2.36. The molecule has 2 fully saturated rings. The molecule has 0 spiro atoms. The topological polar surface area (TPSA) is 36.9 Å². The summed E-state index contributed by atoms with van der Waals surface area (Å²) in [6.45, 7) is 9.63. The van der Waals surface area contributed by atoms with E-state index in [-0.39, 0.29) is 24.0 Å². The number of nitrogens with one attached hydrogen (secondary N) is 1. The Hall–Kier alpha value is 0.310. The Kier molecular flexibility index (Phi) is 10.1. The number of hydrogen-bond acceptors (Lipinski definition) is 3. The molecule has 130 valence electrons. The van der Waals surface area contributed by atoms with Crippen molar-refractivity contribution in [1.29, 1.82) is 0 Å². The van der Waals surface area contributed by atoms with E-state index in [9.17, 15) is 0 Å². The fraction of sp³-hybridized carbons (Fsp3) is 0.938. The third-order valence-corrected chi connectivity index (χ3v) is 5.69. The molecule has 1 unspecified atom stereocenters. The van der Waals surface area contributed by atoms with Gasteiger partial charge in [0.25, 0.3) is 0 Å². The molecule has 1 saturated heterocycles. The summed E-state index contributed by atoms with van der Waals surface area (Å²) in [5.74, 6) is 3.85. The molecule has 0 bridgehead atoms. The van der Waals surface area contributed by atoms with Gasteiger partial charge in [-0.2, -0.15) is 11.8 Å². The van der Waals surface area contributed by atoms with Crippen LogP contribution in [-0.2, 0) is 4.74 Å². The molecule has 6 heteroatoms. The van der Waals surface area contributed by atoms with Crippen LogP contribution < -0.4 is 5.32 Å². The van der Waals surface area contributed by atoms with Gasteiger partial charge < -0.3 is 15.0 Å². The molecule has 1 saturated carbocycles. The highest BCUT2D eigenvalue weighted by Gasteiger charge is 2.24. The molecule has 22 heavy (non-hydrogen) atoms. The quantitative estimate of drug-likeness (QED) is 0.285. The highest BCUT2D eigenvalue weighted by atomic mass is 127. The summed E-state index contributed by atoms with van der Waals surface area (Å²) in [6.07, 6.45) is 3.80. The third kappa shape index (κ3) is 7.25. The standard InChI is InChI=1S/C16H31N3OS.HI/c1-13(2)15-11-19(8-10-21-15)16(17-3)18-7-4-9-20-12-14-5-6-14;/h13-15H,4-12H2,1-3H3,(H,17,18);1H. The van der Waals surface area contributed by atoms with Gasteiger partial charge in [0.05, 0.1) is 0 Å². The smallest absolute Gasteiger partial charge is 0.193 e. The number of thioether (sulfide) groups is 1.